The molecule has 0 radical (unpaired) electrons. The number of halogens is 3. The summed E-state index contributed by atoms with van der Waals surface area (Å²) in [6.45, 7) is 1.78. The molecule has 2 heterocycles. The normalized spacial score (nSPS) is 17.9. The van der Waals surface area contributed by atoms with Crippen molar-refractivity contribution in [2.75, 3.05) is 6.79 Å². The van der Waals surface area contributed by atoms with Gasteiger partial charge in [-0.1, -0.05) is 12.1 Å². The number of fused-ring (bicyclic) bond motifs is 2. The molecule has 2 aliphatic rings. The van der Waals surface area contributed by atoms with Crippen LogP contribution in [0.1, 0.15) is 34.8 Å². The maximum atomic E-state index is 13.4. The van der Waals surface area contributed by atoms with Crippen LogP contribution in [0.5, 0.6) is 11.5 Å². The maximum absolute atomic E-state index is 13.4. The molecule has 148 valence electrons. The number of rotatable bonds is 3. The van der Waals surface area contributed by atoms with Crippen LogP contribution in [-0.2, 0) is 30.4 Å². The molecule has 1 aromatic heterocycles. The van der Waals surface area contributed by atoms with Crippen LogP contribution in [0.15, 0.2) is 18.2 Å². The van der Waals surface area contributed by atoms with Crippen LogP contribution >= 0.6 is 0 Å². The van der Waals surface area contributed by atoms with Crippen LogP contribution in [0.2, 0.25) is 0 Å². The van der Waals surface area contributed by atoms with Gasteiger partial charge in [-0.25, -0.2) is 9.97 Å². The highest BCUT2D eigenvalue weighted by Gasteiger charge is 2.39. The summed E-state index contributed by atoms with van der Waals surface area (Å²) < 4.78 is 50.8. The van der Waals surface area contributed by atoms with Crippen molar-refractivity contribution in [2.24, 2.45) is 5.92 Å². The molecule has 0 saturated heterocycles. The number of nitrogens with zero attached hydrogens (tertiary/aromatic N) is 2. The zero-order valence-corrected chi connectivity index (χ0v) is 15.1. The quantitative estimate of drug-likeness (QED) is 0.868. The zero-order chi connectivity index (χ0) is 19.9. The Morgan fingerprint density at radius 1 is 1.29 bits per heavy atom. The number of nitrogens with one attached hydrogen (secondary N) is 1. The predicted molar refractivity (Wildman–Crippen MR) is 91.7 cm³/mol. The molecule has 0 fully saturated rings. The Labute approximate surface area is 159 Å². The Hall–Kier alpha value is -2.84. The lowest BCUT2D eigenvalue weighted by Gasteiger charge is -2.25. The van der Waals surface area contributed by atoms with Gasteiger partial charge in [0.05, 0.1) is 0 Å². The lowest BCUT2D eigenvalue weighted by Crippen LogP contribution is -2.35. The van der Waals surface area contributed by atoms with E-state index in [9.17, 15) is 18.0 Å². The summed E-state index contributed by atoms with van der Waals surface area (Å²) in [5.41, 5.74) is 0.241. The van der Waals surface area contributed by atoms with Gasteiger partial charge in [0.25, 0.3) is 0 Å². The number of carbonyl (C=O) groups is 1. The van der Waals surface area contributed by atoms with Crippen molar-refractivity contribution in [3.05, 3.63) is 46.5 Å². The minimum Gasteiger partial charge on any atom is -0.454 e. The van der Waals surface area contributed by atoms with Crippen molar-refractivity contribution in [1.82, 2.24) is 15.3 Å². The van der Waals surface area contributed by atoms with Gasteiger partial charge in [0.15, 0.2) is 17.2 Å². The number of aromatic nitrogens is 2. The van der Waals surface area contributed by atoms with E-state index in [4.69, 9.17) is 9.47 Å². The summed E-state index contributed by atoms with van der Waals surface area (Å²) in [4.78, 5) is 20.3. The third-order valence-electron chi connectivity index (χ3n) is 4.96. The lowest BCUT2D eigenvalue weighted by molar-refractivity contribution is -0.142. The van der Waals surface area contributed by atoms with Gasteiger partial charge in [-0.15, -0.1) is 0 Å². The van der Waals surface area contributed by atoms with Gasteiger partial charge in [0.1, 0.15) is 5.82 Å². The van der Waals surface area contributed by atoms with E-state index in [0.717, 1.165) is 5.56 Å². The fraction of sp³-hybridized carbons (Fsp3) is 0.421. The van der Waals surface area contributed by atoms with Crippen LogP contribution in [0, 0.1) is 12.8 Å². The molecule has 1 aromatic carbocycles. The van der Waals surface area contributed by atoms with Gasteiger partial charge in [0, 0.05) is 29.3 Å². The number of para-hydroxylation sites is 1. The van der Waals surface area contributed by atoms with Gasteiger partial charge in [-0.3, -0.25) is 4.79 Å². The summed E-state index contributed by atoms with van der Waals surface area (Å²) >= 11 is 0. The van der Waals surface area contributed by atoms with Crippen molar-refractivity contribution in [1.29, 1.82) is 0 Å². The van der Waals surface area contributed by atoms with Crippen molar-refractivity contribution in [3.8, 4) is 11.5 Å². The van der Waals surface area contributed by atoms with E-state index >= 15 is 0 Å². The first-order chi connectivity index (χ1) is 13.3. The van der Waals surface area contributed by atoms with Gasteiger partial charge in [-0.05, 0) is 32.3 Å². The second-order valence-corrected chi connectivity index (χ2v) is 6.85. The summed E-state index contributed by atoms with van der Waals surface area (Å²) in [6.07, 6.45) is -3.84. The van der Waals surface area contributed by atoms with Crippen molar-refractivity contribution in [2.45, 2.75) is 38.9 Å². The summed E-state index contributed by atoms with van der Waals surface area (Å²) in [7, 11) is 0. The third kappa shape index (κ3) is 3.48. The predicted octanol–water partition coefficient (Wildman–Crippen LogP) is 2.95. The average molecular weight is 393 g/mol. The molecule has 1 amide bonds. The van der Waals surface area contributed by atoms with E-state index in [1.54, 1.807) is 12.1 Å². The third-order valence-corrected chi connectivity index (χ3v) is 4.96. The highest BCUT2D eigenvalue weighted by atomic mass is 19.4. The van der Waals surface area contributed by atoms with E-state index in [2.05, 4.69) is 15.3 Å². The molecule has 9 heteroatoms. The van der Waals surface area contributed by atoms with Crippen LogP contribution in [0.25, 0.3) is 0 Å². The minimum atomic E-state index is -4.57. The van der Waals surface area contributed by atoms with E-state index in [0.29, 0.717) is 30.0 Å². The molecule has 1 unspecified atom stereocenters. The van der Waals surface area contributed by atoms with Crippen molar-refractivity contribution >= 4 is 5.91 Å². The van der Waals surface area contributed by atoms with Crippen LogP contribution in [0.3, 0.4) is 0 Å². The van der Waals surface area contributed by atoms with Gasteiger partial charge in [-0.2, -0.15) is 13.2 Å². The first kappa shape index (κ1) is 18.5. The molecule has 1 atom stereocenters. The van der Waals surface area contributed by atoms with E-state index < -0.39 is 17.8 Å². The summed E-state index contributed by atoms with van der Waals surface area (Å²) in [5.74, 6) is 0.430. The largest absolute Gasteiger partial charge is 0.454 e. The Morgan fingerprint density at radius 3 is 2.89 bits per heavy atom. The molecule has 4 rings (SSSR count). The fourth-order valence-corrected chi connectivity index (χ4v) is 3.65. The number of benzene rings is 1. The molecule has 0 spiro atoms. The second-order valence-electron chi connectivity index (χ2n) is 6.85. The standard InChI is InChI=1S/C19H18F3N3O3/c1-10-24-14-6-5-11(7-13(14)17(25-10)19(20,21)22)18(26)23-8-12-3-2-4-15-16(12)28-9-27-15/h2-4,11H,5-9H2,1H3,(H,23,26). The molecule has 1 N–H and O–H groups in total. The molecule has 0 bridgehead atoms. The Morgan fingerprint density at radius 2 is 2.11 bits per heavy atom. The van der Waals surface area contributed by atoms with Crippen molar-refractivity contribution in [3.63, 3.8) is 0 Å². The Balaban J connectivity index is 1.49. The number of carbonyl (C=O) groups excluding carboxylic acids is 1. The molecule has 2 aromatic rings. The number of amides is 1. The number of hydrogen-bond donors (Lipinski definition) is 1. The van der Waals surface area contributed by atoms with Crippen LogP contribution in [-0.4, -0.2) is 22.7 Å². The minimum absolute atomic E-state index is 0.0250. The average Bonchev–Trinajstić information content (AvgIpc) is 3.13. The van der Waals surface area contributed by atoms with Crippen LogP contribution in [0.4, 0.5) is 13.2 Å². The van der Waals surface area contributed by atoms with Crippen LogP contribution < -0.4 is 14.8 Å². The summed E-state index contributed by atoms with van der Waals surface area (Å²) in [5, 5.41) is 2.80. The zero-order valence-electron chi connectivity index (χ0n) is 15.1. The number of alkyl halides is 3. The van der Waals surface area contributed by atoms with E-state index in [-0.39, 0.29) is 37.1 Å². The van der Waals surface area contributed by atoms with E-state index in [1.165, 1.54) is 6.92 Å². The van der Waals surface area contributed by atoms with Gasteiger partial charge >= 0.3 is 6.18 Å². The maximum Gasteiger partial charge on any atom is 0.433 e. The molecule has 1 aliphatic carbocycles. The fourth-order valence-electron chi connectivity index (χ4n) is 3.65. The Kier molecular flexibility index (Phi) is 4.60. The first-order valence-corrected chi connectivity index (χ1v) is 8.91. The molecule has 1 aliphatic heterocycles. The topological polar surface area (TPSA) is 73.3 Å². The highest BCUT2D eigenvalue weighted by molar-refractivity contribution is 5.79. The molecular formula is C19H18F3N3O3. The monoisotopic (exact) mass is 393 g/mol. The van der Waals surface area contributed by atoms with Gasteiger partial charge in [0.2, 0.25) is 12.7 Å². The number of aryl methyl sites for hydroxylation is 2. The SMILES string of the molecule is Cc1nc2c(c(C(F)(F)F)n1)CC(C(=O)NCc1cccc3c1OCO3)CC2. The van der Waals surface area contributed by atoms with Gasteiger partial charge < -0.3 is 14.8 Å². The number of hydrogen-bond acceptors (Lipinski definition) is 5. The highest BCUT2D eigenvalue weighted by Crippen LogP contribution is 2.37. The van der Waals surface area contributed by atoms with Crippen molar-refractivity contribution < 1.29 is 27.4 Å². The number of ether oxygens (including phenoxy) is 2. The second kappa shape index (κ2) is 6.96. The Bertz CT molecular complexity index is 931. The lowest BCUT2D eigenvalue weighted by atomic mass is 9.85. The molecular weight excluding hydrogens is 375 g/mol. The summed E-state index contributed by atoms with van der Waals surface area (Å²) in [6, 6.07) is 5.37. The smallest absolute Gasteiger partial charge is 0.433 e. The first-order valence-electron chi connectivity index (χ1n) is 8.91. The molecule has 6 nitrogen and oxygen atoms in total. The molecule has 28 heavy (non-hydrogen) atoms. The molecule has 0 saturated carbocycles. The van der Waals surface area contributed by atoms with E-state index in [1.807, 2.05) is 6.07 Å².